The molecule has 2 amide bonds. The fourth-order valence-electron chi connectivity index (χ4n) is 8.12. The normalized spacial score (nSPS) is 14.4. The number of ketones is 1. The molecule has 0 saturated heterocycles. The number of anilines is 4. The zero-order chi connectivity index (χ0) is 52.4. The minimum Gasteiger partial charge on any atom is -0.435 e. The van der Waals surface area contributed by atoms with Crippen molar-refractivity contribution < 1.29 is 40.4 Å². The minimum absolute atomic E-state index is 0.00557. The van der Waals surface area contributed by atoms with Gasteiger partial charge in [0.05, 0.1) is 27.5 Å². The summed E-state index contributed by atoms with van der Waals surface area (Å²) < 4.78 is 66.9. The maximum absolute atomic E-state index is 14.5. The quantitative estimate of drug-likeness (QED) is 0.0588. The van der Waals surface area contributed by atoms with Crippen LogP contribution in [0.4, 0.5) is 27.5 Å². The van der Waals surface area contributed by atoms with Crippen LogP contribution in [0.2, 0.25) is 5.02 Å². The molecule has 1 atom stereocenters. The summed E-state index contributed by atoms with van der Waals surface area (Å²) in [5, 5.41) is 13.0. The Hall–Kier alpha value is -6.22. The van der Waals surface area contributed by atoms with Crippen molar-refractivity contribution in [3.8, 4) is 6.07 Å². The van der Waals surface area contributed by atoms with E-state index in [1.165, 1.54) is 47.4 Å². The molecule has 1 saturated carbocycles. The molecule has 0 spiro atoms. The van der Waals surface area contributed by atoms with Crippen LogP contribution in [0, 0.1) is 23.7 Å². The molecule has 1 aliphatic carbocycles. The number of benzene rings is 4. The topological polar surface area (TPSA) is 218 Å². The highest BCUT2D eigenvalue weighted by molar-refractivity contribution is 7.92. The number of allylic oxidation sites excluding steroid dienone is 1. The van der Waals surface area contributed by atoms with E-state index in [4.69, 9.17) is 25.7 Å². The van der Waals surface area contributed by atoms with E-state index in [0.29, 0.717) is 40.8 Å². The Balaban J connectivity index is 1.28. The van der Waals surface area contributed by atoms with Crippen molar-refractivity contribution in [2.24, 2.45) is 5.41 Å². The van der Waals surface area contributed by atoms with Crippen LogP contribution in [0.25, 0.3) is 22.7 Å². The van der Waals surface area contributed by atoms with Gasteiger partial charge in [-0.2, -0.15) is 5.26 Å². The number of Topliss-reactive ketones (excluding diaryl/α,β-unsaturated/α-hetero) is 1. The van der Waals surface area contributed by atoms with Gasteiger partial charge < -0.3 is 14.5 Å². The number of amides is 2. The number of nitriles is 1. The molecule has 0 aliphatic heterocycles. The molecule has 1 aromatic heterocycles. The first-order valence-corrected chi connectivity index (χ1v) is 27.3. The SMILES string of the molecule is CCC(C)(C)c1cc(C(C)(C)CC)c2oc(/C(C#N)=C/c3ccc(N(C(=O)OC(C(=O)Nc4cc(NS(=O)(=O)c5ccc(NS(C)(=O)=O)cc5)ccc4Cl)C(=O)C(C)(C)C)C4CCCC4)cc3C)nc2c1. The summed E-state index contributed by atoms with van der Waals surface area (Å²) in [7, 11) is -7.82. The number of aromatic nitrogens is 1. The van der Waals surface area contributed by atoms with Crippen molar-refractivity contribution >= 4 is 94.9 Å². The van der Waals surface area contributed by atoms with Gasteiger partial charge in [0.2, 0.25) is 22.0 Å². The zero-order valence-electron chi connectivity index (χ0n) is 42.1. The summed E-state index contributed by atoms with van der Waals surface area (Å²) in [5.41, 5.74) is 4.15. The first-order valence-electron chi connectivity index (χ1n) is 23.5. The number of nitrogens with one attached hydrogen (secondary N) is 3. The lowest BCUT2D eigenvalue weighted by Gasteiger charge is -2.31. The number of oxazole rings is 1. The molecule has 1 aliphatic rings. The van der Waals surface area contributed by atoms with Gasteiger partial charge in [0.1, 0.15) is 17.2 Å². The molecule has 0 bridgehead atoms. The maximum atomic E-state index is 14.5. The molecule has 1 fully saturated rings. The van der Waals surface area contributed by atoms with Crippen LogP contribution < -0.4 is 19.7 Å². The number of sulfonamides is 2. The van der Waals surface area contributed by atoms with Crippen molar-refractivity contribution in [3.05, 3.63) is 106 Å². The summed E-state index contributed by atoms with van der Waals surface area (Å²) in [5.74, 6) is -1.53. The lowest BCUT2D eigenvalue weighted by molar-refractivity contribution is -0.142. The molecule has 71 heavy (non-hydrogen) atoms. The van der Waals surface area contributed by atoms with Crippen molar-refractivity contribution in [1.29, 1.82) is 5.26 Å². The van der Waals surface area contributed by atoms with Gasteiger partial charge in [-0.3, -0.25) is 23.9 Å². The number of hydrogen-bond donors (Lipinski definition) is 3. The second kappa shape index (κ2) is 20.9. The average Bonchev–Trinajstić information content (AvgIpc) is 3.99. The number of halogens is 1. The highest BCUT2D eigenvalue weighted by Crippen LogP contribution is 2.40. The van der Waals surface area contributed by atoms with E-state index in [-0.39, 0.29) is 55.3 Å². The number of rotatable bonds is 17. The Morgan fingerprint density at radius 2 is 1.52 bits per heavy atom. The Morgan fingerprint density at radius 1 is 0.887 bits per heavy atom. The molecular weight excluding hydrogens is 964 g/mol. The Kier molecular flexibility index (Phi) is 15.9. The van der Waals surface area contributed by atoms with Gasteiger partial charge >= 0.3 is 6.09 Å². The third-order valence-corrected chi connectivity index (χ3v) is 15.5. The highest BCUT2D eigenvalue weighted by atomic mass is 35.5. The second-order valence-corrected chi connectivity index (χ2v) is 24.3. The van der Waals surface area contributed by atoms with Gasteiger partial charge in [0.25, 0.3) is 15.9 Å². The van der Waals surface area contributed by atoms with E-state index in [1.807, 2.05) is 13.0 Å². The summed E-state index contributed by atoms with van der Waals surface area (Å²) in [4.78, 5) is 48.8. The smallest absolute Gasteiger partial charge is 0.415 e. The number of nitrogens with zero attached hydrogens (tertiary/aromatic N) is 3. The molecule has 1 unspecified atom stereocenters. The molecule has 18 heteroatoms. The van der Waals surface area contributed by atoms with E-state index in [2.05, 4.69) is 68.4 Å². The maximum Gasteiger partial charge on any atom is 0.415 e. The number of fused-ring (bicyclic) bond motifs is 1. The summed E-state index contributed by atoms with van der Waals surface area (Å²) in [6.45, 7) is 19.6. The predicted octanol–water partition coefficient (Wildman–Crippen LogP) is 11.9. The lowest BCUT2D eigenvalue weighted by Crippen LogP contribution is -2.48. The van der Waals surface area contributed by atoms with Gasteiger partial charge in [-0.15, -0.1) is 0 Å². The standard InChI is InChI=1S/C53H63ClN6O9S2/c1-12-52(7,8)35-28-41(53(9,10)13-2)45-44(29-35)57-49(68-45)34(31-55)27-33-18-22-39(26-32(33)3)60(38-16-14-15-17-38)50(63)69-46(47(61)51(4,5)6)48(62)56-43-30-37(21-25-42(43)54)59-71(66,67)40-23-19-36(20-24-40)58-70(11,64)65/h18-30,38,46,58-59H,12-17H2,1-11H3,(H,56,62)/b34-27+. The van der Waals surface area contributed by atoms with Crippen LogP contribution >= 0.6 is 11.6 Å². The molecule has 5 aromatic rings. The number of aryl methyl sites for hydroxylation is 1. The summed E-state index contributed by atoms with van der Waals surface area (Å²) >= 11 is 6.49. The van der Waals surface area contributed by atoms with Crippen LogP contribution in [0.1, 0.15) is 129 Å². The molecule has 1 heterocycles. The largest absolute Gasteiger partial charge is 0.435 e. The van der Waals surface area contributed by atoms with Crippen molar-refractivity contribution in [1.82, 2.24) is 4.98 Å². The first kappa shape index (κ1) is 54.1. The van der Waals surface area contributed by atoms with Crippen molar-refractivity contribution in [2.45, 2.75) is 136 Å². The monoisotopic (exact) mass is 1030 g/mol. The number of carbonyl (C=O) groups is 3. The molecule has 4 aromatic carbocycles. The fraction of sp³-hybridized carbons (Fsp3) is 0.415. The lowest BCUT2D eigenvalue weighted by atomic mass is 9.76. The Morgan fingerprint density at radius 3 is 2.10 bits per heavy atom. The van der Waals surface area contributed by atoms with Crippen LogP contribution in [-0.2, 0) is 45.2 Å². The molecule has 3 N–H and O–H groups in total. The summed E-state index contributed by atoms with van der Waals surface area (Å²) in [6.07, 6.45) is 4.54. The predicted molar refractivity (Wildman–Crippen MR) is 281 cm³/mol. The van der Waals surface area contributed by atoms with E-state index in [0.717, 1.165) is 43.1 Å². The van der Waals surface area contributed by atoms with E-state index < -0.39 is 49.3 Å². The summed E-state index contributed by atoms with van der Waals surface area (Å²) in [6, 6.07) is 20.5. The molecule has 378 valence electrons. The second-order valence-electron chi connectivity index (χ2n) is 20.5. The van der Waals surface area contributed by atoms with Gasteiger partial charge in [0.15, 0.2) is 11.4 Å². The van der Waals surface area contributed by atoms with Gasteiger partial charge in [0, 0.05) is 28.4 Å². The third-order valence-electron chi connectivity index (χ3n) is 13.2. The Bertz CT molecular complexity index is 3160. The first-order chi connectivity index (χ1) is 33.1. The van der Waals surface area contributed by atoms with Gasteiger partial charge in [-0.1, -0.05) is 98.9 Å². The third kappa shape index (κ3) is 12.6. The number of hydrogen-bond acceptors (Lipinski definition) is 11. The van der Waals surface area contributed by atoms with Crippen LogP contribution in [0.3, 0.4) is 0 Å². The molecule has 0 radical (unpaired) electrons. The Labute approximate surface area is 422 Å². The highest BCUT2D eigenvalue weighted by Gasteiger charge is 2.41. The van der Waals surface area contributed by atoms with E-state index in [1.54, 1.807) is 45.0 Å². The number of ether oxygens (including phenoxy) is 1. The van der Waals surface area contributed by atoms with Gasteiger partial charge in [-0.25, -0.2) is 26.6 Å². The zero-order valence-corrected chi connectivity index (χ0v) is 44.5. The fourth-order valence-corrected chi connectivity index (χ4v) is 9.90. The molecule has 6 rings (SSSR count). The van der Waals surface area contributed by atoms with E-state index >= 15 is 0 Å². The van der Waals surface area contributed by atoms with Crippen LogP contribution in [-0.4, -0.2) is 58.0 Å². The van der Waals surface area contributed by atoms with Crippen molar-refractivity contribution in [3.63, 3.8) is 0 Å². The van der Waals surface area contributed by atoms with E-state index in [9.17, 15) is 36.5 Å². The van der Waals surface area contributed by atoms with Crippen LogP contribution in [0.5, 0.6) is 0 Å². The van der Waals surface area contributed by atoms with Crippen LogP contribution in [0.15, 0.2) is 82.1 Å². The average molecular weight is 1030 g/mol. The number of carbonyl (C=O) groups excluding carboxylic acids is 3. The molecular formula is C53H63ClN6O9S2. The van der Waals surface area contributed by atoms with Crippen molar-refractivity contribution in [2.75, 3.05) is 25.9 Å². The molecule has 15 nitrogen and oxygen atoms in total. The van der Waals surface area contributed by atoms with Gasteiger partial charge in [-0.05, 0) is 127 Å². The minimum atomic E-state index is -4.22.